The lowest BCUT2D eigenvalue weighted by Crippen LogP contribution is -2.37. The molecule has 1 aromatic carbocycles. The van der Waals surface area contributed by atoms with E-state index in [2.05, 4.69) is 4.98 Å². The van der Waals surface area contributed by atoms with Gasteiger partial charge in [-0.2, -0.15) is 0 Å². The Morgan fingerprint density at radius 3 is 2.74 bits per heavy atom. The minimum atomic E-state index is -3.24. The molecule has 0 atom stereocenters. The number of hydrogen-bond acceptors (Lipinski definition) is 5. The van der Waals surface area contributed by atoms with E-state index >= 15 is 0 Å². The number of sulfonamides is 1. The Kier molecular flexibility index (Phi) is 5.91. The molecule has 1 saturated heterocycles. The summed E-state index contributed by atoms with van der Waals surface area (Å²) in [6.45, 7) is 1.63. The summed E-state index contributed by atoms with van der Waals surface area (Å²) in [5.74, 6) is 0.232. The first-order chi connectivity index (χ1) is 12.8. The van der Waals surface area contributed by atoms with Crippen LogP contribution < -0.4 is 0 Å². The van der Waals surface area contributed by atoms with Crippen molar-refractivity contribution in [1.29, 1.82) is 0 Å². The summed E-state index contributed by atoms with van der Waals surface area (Å²) in [5.41, 5.74) is 0.330. The van der Waals surface area contributed by atoms with Crippen molar-refractivity contribution >= 4 is 15.9 Å². The standard InChI is InChI=1S/C18H22FN3O4S/c1-27(24,25)22-10-4-9-21(11-12-22)18(23)8-7-17-20-13-16(26-17)14-5-2-3-6-15(14)19/h2-3,5-6,13H,4,7-12H2,1H3. The smallest absolute Gasteiger partial charge is 0.223 e. The third kappa shape index (κ3) is 4.92. The average Bonchev–Trinajstić information content (AvgIpc) is 2.93. The fourth-order valence-electron chi connectivity index (χ4n) is 3.06. The molecule has 0 saturated carbocycles. The van der Waals surface area contributed by atoms with Gasteiger partial charge in [0.2, 0.25) is 15.9 Å². The topological polar surface area (TPSA) is 83.7 Å². The summed E-state index contributed by atoms with van der Waals surface area (Å²) in [4.78, 5) is 18.2. The maximum absolute atomic E-state index is 13.8. The van der Waals surface area contributed by atoms with E-state index in [0.29, 0.717) is 56.2 Å². The SMILES string of the molecule is CS(=O)(=O)N1CCCN(C(=O)CCc2ncc(-c3ccccc3F)o2)CC1. The molecule has 0 spiro atoms. The first kappa shape index (κ1) is 19.5. The van der Waals surface area contributed by atoms with Crippen LogP contribution in [0.2, 0.25) is 0 Å². The third-order valence-corrected chi connectivity index (χ3v) is 5.83. The largest absolute Gasteiger partial charge is 0.441 e. The molecule has 1 aromatic heterocycles. The normalized spacial score (nSPS) is 16.3. The summed E-state index contributed by atoms with van der Waals surface area (Å²) < 4.78 is 44.1. The quantitative estimate of drug-likeness (QED) is 0.772. The zero-order chi connectivity index (χ0) is 19.4. The van der Waals surface area contributed by atoms with Gasteiger partial charge >= 0.3 is 0 Å². The van der Waals surface area contributed by atoms with Crippen LogP contribution in [-0.4, -0.2) is 60.9 Å². The number of rotatable bonds is 5. The molecule has 0 N–H and O–H groups in total. The Morgan fingerprint density at radius 1 is 1.22 bits per heavy atom. The van der Waals surface area contributed by atoms with E-state index < -0.39 is 15.8 Å². The molecule has 0 bridgehead atoms. The molecule has 1 aliphatic rings. The van der Waals surface area contributed by atoms with Crippen molar-refractivity contribution in [2.45, 2.75) is 19.3 Å². The summed E-state index contributed by atoms with van der Waals surface area (Å²) >= 11 is 0. The number of hydrogen-bond donors (Lipinski definition) is 0. The number of nitrogens with zero attached hydrogens (tertiary/aromatic N) is 3. The molecule has 2 aromatic rings. The van der Waals surface area contributed by atoms with Crippen LogP contribution in [0.3, 0.4) is 0 Å². The molecule has 1 amide bonds. The summed E-state index contributed by atoms with van der Waals surface area (Å²) in [6.07, 6.45) is 3.75. The summed E-state index contributed by atoms with van der Waals surface area (Å²) in [6, 6.07) is 6.26. The van der Waals surface area contributed by atoms with E-state index in [-0.39, 0.29) is 12.3 Å². The van der Waals surface area contributed by atoms with Gasteiger partial charge in [-0.1, -0.05) is 12.1 Å². The molecule has 1 aliphatic heterocycles. The van der Waals surface area contributed by atoms with E-state index in [1.165, 1.54) is 22.8 Å². The highest BCUT2D eigenvalue weighted by molar-refractivity contribution is 7.88. The number of halogens is 1. The minimum absolute atomic E-state index is 0.0732. The highest BCUT2D eigenvalue weighted by Gasteiger charge is 2.24. The van der Waals surface area contributed by atoms with Crippen molar-refractivity contribution < 1.29 is 22.0 Å². The lowest BCUT2D eigenvalue weighted by Gasteiger charge is -2.20. The van der Waals surface area contributed by atoms with Gasteiger partial charge in [0.25, 0.3) is 0 Å². The lowest BCUT2D eigenvalue weighted by atomic mass is 10.2. The minimum Gasteiger partial charge on any atom is -0.441 e. The van der Waals surface area contributed by atoms with Gasteiger partial charge in [-0.15, -0.1) is 0 Å². The molecule has 1 fully saturated rings. The van der Waals surface area contributed by atoms with Gasteiger partial charge in [-0.25, -0.2) is 22.1 Å². The van der Waals surface area contributed by atoms with Crippen molar-refractivity contribution in [3.05, 3.63) is 42.2 Å². The first-order valence-corrected chi connectivity index (χ1v) is 10.6. The van der Waals surface area contributed by atoms with Gasteiger partial charge in [0.05, 0.1) is 18.0 Å². The van der Waals surface area contributed by atoms with Crippen LogP contribution in [-0.2, 0) is 21.2 Å². The fourth-order valence-corrected chi connectivity index (χ4v) is 3.93. The van der Waals surface area contributed by atoms with Crippen LogP contribution >= 0.6 is 0 Å². The highest BCUT2D eigenvalue weighted by Crippen LogP contribution is 2.23. The number of aromatic nitrogens is 1. The van der Waals surface area contributed by atoms with E-state index in [9.17, 15) is 17.6 Å². The monoisotopic (exact) mass is 395 g/mol. The van der Waals surface area contributed by atoms with Crippen LogP contribution in [0, 0.1) is 5.82 Å². The first-order valence-electron chi connectivity index (χ1n) is 8.77. The number of amides is 1. The second kappa shape index (κ2) is 8.18. The molecular formula is C18H22FN3O4S. The number of benzene rings is 1. The molecule has 9 heteroatoms. The third-order valence-electron chi connectivity index (χ3n) is 4.52. The number of carbonyl (C=O) groups is 1. The Bertz CT molecular complexity index is 913. The van der Waals surface area contributed by atoms with Gasteiger partial charge in [0.1, 0.15) is 5.82 Å². The zero-order valence-electron chi connectivity index (χ0n) is 15.1. The van der Waals surface area contributed by atoms with E-state index in [4.69, 9.17) is 4.42 Å². The van der Waals surface area contributed by atoms with Gasteiger partial charge in [0.15, 0.2) is 11.7 Å². The Labute approximate surface area is 157 Å². The van der Waals surface area contributed by atoms with Crippen molar-refractivity contribution in [3.63, 3.8) is 0 Å². The molecule has 146 valence electrons. The number of carbonyl (C=O) groups excluding carboxylic acids is 1. The molecule has 7 nitrogen and oxygen atoms in total. The number of aryl methyl sites for hydroxylation is 1. The van der Waals surface area contributed by atoms with Crippen molar-refractivity contribution in [2.24, 2.45) is 0 Å². The maximum Gasteiger partial charge on any atom is 0.223 e. The van der Waals surface area contributed by atoms with Gasteiger partial charge in [-0.3, -0.25) is 4.79 Å². The van der Waals surface area contributed by atoms with Crippen LogP contribution in [0.15, 0.2) is 34.9 Å². The maximum atomic E-state index is 13.8. The van der Waals surface area contributed by atoms with Crippen LogP contribution in [0.4, 0.5) is 4.39 Å². The predicted molar refractivity (Wildman–Crippen MR) is 97.8 cm³/mol. The number of oxazole rings is 1. The van der Waals surface area contributed by atoms with Crippen LogP contribution in [0.25, 0.3) is 11.3 Å². The van der Waals surface area contributed by atoms with Crippen molar-refractivity contribution in [2.75, 3.05) is 32.4 Å². The zero-order valence-corrected chi connectivity index (χ0v) is 15.9. The molecule has 0 radical (unpaired) electrons. The van der Waals surface area contributed by atoms with Crippen molar-refractivity contribution in [3.8, 4) is 11.3 Å². The second-order valence-corrected chi connectivity index (χ2v) is 8.48. The van der Waals surface area contributed by atoms with Gasteiger partial charge < -0.3 is 9.32 Å². The molecule has 3 rings (SSSR count). The second-order valence-electron chi connectivity index (χ2n) is 6.49. The van der Waals surface area contributed by atoms with Crippen molar-refractivity contribution in [1.82, 2.24) is 14.2 Å². The lowest BCUT2D eigenvalue weighted by molar-refractivity contribution is -0.131. The average molecular weight is 395 g/mol. The Balaban J connectivity index is 1.56. The van der Waals surface area contributed by atoms with Crippen LogP contribution in [0.1, 0.15) is 18.7 Å². The predicted octanol–water partition coefficient (Wildman–Crippen LogP) is 1.91. The van der Waals surface area contributed by atoms with Crippen LogP contribution in [0.5, 0.6) is 0 Å². The molecule has 0 aliphatic carbocycles. The Morgan fingerprint density at radius 2 is 2.00 bits per heavy atom. The summed E-state index contributed by atoms with van der Waals surface area (Å²) in [5, 5.41) is 0. The molecule has 2 heterocycles. The molecule has 27 heavy (non-hydrogen) atoms. The van der Waals surface area contributed by atoms with E-state index in [1.54, 1.807) is 23.1 Å². The molecular weight excluding hydrogens is 373 g/mol. The van der Waals surface area contributed by atoms with E-state index in [1.807, 2.05) is 0 Å². The molecule has 0 unspecified atom stereocenters. The highest BCUT2D eigenvalue weighted by atomic mass is 32.2. The summed E-state index contributed by atoms with van der Waals surface area (Å²) in [7, 11) is -3.24. The van der Waals surface area contributed by atoms with Gasteiger partial charge in [-0.05, 0) is 18.6 Å². The fraction of sp³-hybridized carbons (Fsp3) is 0.444. The van der Waals surface area contributed by atoms with Gasteiger partial charge in [0, 0.05) is 39.0 Å². The van der Waals surface area contributed by atoms with E-state index in [0.717, 1.165) is 0 Å². The Hall–Kier alpha value is -2.26.